The predicted molar refractivity (Wildman–Crippen MR) is 59.8 cm³/mol. The first-order chi connectivity index (χ1) is 6.79. The van der Waals surface area contributed by atoms with Crippen LogP contribution in [0.4, 0.5) is 0 Å². The summed E-state index contributed by atoms with van der Waals surface area (Å²) in [4.78, 5) is 0. The summed E-state index contributed by atoms with van der Waals surface area (Å²) in [5.74, 6) is 0.898. The van der Waals surface area contributed by atoms with Gasteiger partial charge in [-0.15, -0.1) is 11.6 Å². The van der Waals surface area contributed by atoms with Crippen molar-refractivity contribution in [2.75, 3.05) is 7.11 Å². The molecule has 1 nitrogen and oxygen atoms in total. The molecule has 0 spiro atoms. The van der Waals surface area contributed by atoms with Crippen LogP contribution in [0.5, 0.6) is 5.75 Å². The molecule has 1 aliphatic carbocycles. The third kappa shape index (κ3) is 1.93. The summed E-state index contributed by atoms with van der Waals surface area (Å²) < 4.78 is 5.11. The highest BCUT2D eigenvalue weighted by atomic mass is 35.5. The lowest BCUT2D eigenvalue weighted by Gasteiger charge is -2.03. The summed E-state index contributed by atoms with van der Waals surface area (Å²) in [5.41, 5.74) is 2.61. The van der Waals surface area contributed by atoms with Gasteiger partial charge in [0, 0.05) is 0 Å². The highest BCUT2D eigenvalue weighted by molar-refractivity contribution is 6.22. The molecule has 0 radical (unpaired) electrons. The quantitative estimate of drug-likeness (QED) is 0.677. The van der Waals surface area contributed by atoms with Crippen molar-refractivity contribution in [2.45, 2.75) is 18.2 Å². The van der Waals surface area contributed by atoms with Crippen LogP contribution in [0.25, 0.3) is 5.57 Å². The Bertz CT molecular complexity index is 340. The van der Waals surface area contributed by atoms with Crippen LogP contribution in [-0.4, -0.2) is 12.5 Å². The van der Waals surface area contributed by atoms with Crippen molar-refractivity contribution in [1.29, 1.82) is 0 Å². The first kappa shape index (κ1) is 9.60. The van der Waals surface area contributed by atoms with Crippen molar-refractivity contribution in [3.05, 3.63) is 35.9 Å². The molecule has 74 valence electrons. The molecule has 0 fully saturated rings. The average Bonchev–Trinajstić information content (AvgIpc) is 2.65. The SMILES string of the molecule is COc1ccc(C2=CC(Cl)CC2)cc1. The standard InChI is InChI=1S/C12H13ClO/c1-14-12-6-3-9(4-7-12)10-2-5-11(13)8-10/h3-4,6-8,11H,2,5H2,1H3. The molecule has 1 aromatic rings. The highest BCUT2D eigenvalue weighted by Gasteiger charge is 2.14. The Balaban J connectivity index is 2.21. The predicted octanol–water partition coefficient (Wildman–Crippen LogP) is 3.48. The number of allylic oxidation sites excluding steroid dienone is 2. The van der Waals surface area contributed by atoms with Gasteiger partial charge in [-0.25, -0.2) is 0 Å². The number of hydrogen-bond donors (Lipinski definition) is 0. The molecule has 0 N–H and O–H groups in total. The Kier molecular flexibility index (Phi) is 2.78. The fraction of sp³-hybridized carbons (Fsp3) is 0.333. The maximum atomic E-state index is 6.01. The van der Waals surface area contributed by atoms with E-state index in [2.05, 4.69) is 18.2 Å². The monoisotopic (exact) mass is 208 g/mol. The zero-order valence-electron chi connectivity index (χ0n) is 8.16. The number of rotatable bonds is 2. The molecule has 0 saturated carbocycles. The van der Waals surface area contributed by atoms with E-state index in [1.807, 2.05) is 12.1 Å². The Morgan fingerprint density at radius 2 is 2.00 bits per heavy atom. The van der Waals surface area contributed by atoms with E-state index in [0.717, 1.165) is 18.6 Å². The molecule has 2 rings (SSSR count). The maximum Gasteiger partial charge on any atom is 0.118 e. The van der Waals surface area contributed by atoms with Crippen LogP contribution < -0.4 is 4.74 Å². The van der Waals surface area contributed by atoms with E-state index >= 15 is 0 Å². The van der Waals surface area contributed by atoms with Gasteiger partial charge in [0.2, 0.25) is 0 Å². The molecule has 1 atom stereocenters. The van der Waals surface area contributed by atoms with Gasteiger partial charge in [-0.05, 0) is 36.1 Å². The lowest BCUT2D eigenvalue weighted by Crippen LogP contribution is -1.84. The highest BCUT2D eigenvalue weighted by Crippen LogP contribution is 2.31. The molecule has 0 heterocycles. The second-order valence-electron chi connectivity index (χ2n) is 3.48. The van der Waals surface area contributed by atoms with Gasteiger partial charge >= 0.3 is 0 Å². The lowest BCUT2D eigenvalue weighted by molar-refractivity contribution is 0.415. The van der Waals surface area contributed by atoms with Crippen molar-refractivity contribution < 1.29 is 4.74 Å². The van der Waals surface area contributed by atoms with Crippen LogP contribution in [0.15, 0.2) is 30.3 Å². The number of benzene rings is 1. The Morgan fingerprint density at radius 1 is 1.29 bits per heavy atom. The Labute approximate surface area is 89.3 Å². The summed E-state index contributed by atoms with van der Waals surface area (Å²) in [6, 6.07) is 8.13. The normalized spacial score (nSPS) is 20.7. The fourth-order valence-electron chi connectivity index (χ4n) is 1.72. The third-order valence-electron chi connectivity index (χ3n) is 2.53. The van der Waals surface area contributed by atoms with Gasteiger partial charge in [-0.3, -0.25) is 0 Å². The van der Waals surface area contributed by atoms with Gasteiger partial charge in [-0.1, -0.05) is 18.2 Å². The lowest BCUT2D eigenvalue weighted by atomic mass is 10.1. The van der Waals surface area contributed by atoms with Crippen molar-refractivity contribution in [2.24, 2.45) is 0 Å². The minimum Gasteiger partial charge on any atom is -0.497 e. The minimum atomic E-state index is 0.215. The summed E-state index contributed by atoms with van der Waals surface area (Å²) in [6.45, 7) is 0. The molecule has 0 amide bonds. The van der Waals surface area contributed by atoms with Gasteiger partial charge in [0.25, 0.3) is 0 Å². The first-order valence-electron chi connectivity index (χ1n) is 4.79. The number of ether oxygens (including phenoxy) is 1. The number of hydrogen-bond acceptors (Lipinski definition) is 1. The second-order valence-corrected chi connectivity index (χ2v) is 4.04. The van der Waals surface area contributed by atoms with Crippen molar-refractivity contribution in [3.8, 4) is 5.75 Å². The average molecular weight is 209 g/mol. The smallest absolute Gasteiger partial charge is 0.118 e. The van der Waals surface area contributed by atoms with E-state index in [1.54, 1.807) is 7.11 Å². The van der Waals surface area contributed by atoms with E-state index in [4.69, 9.17) is 16.3 Å². The molecule has 2 heteroatoms. The van der Waals surface area contributed by atoms with E-state index in [0.29, 0.717) is 0 Å². The summed E-state index contributed by atoms with van der Waals surface area (Å²) in [5, 5.41) is 0.215. The number of halogens is 1. The third-order valence-corrected chi connectivity index (χ3v) is 2.88. The molecule has 0 saturated heterocycles. The van der Waals surface area contributed by atoms with Gasteiger partial charge in [0.05, 0.1) is 12.5 Å². The van der Waals surface area contributed by atoms with E-state index in [1.165, 1.54) is 11.1 Å². The van der Waals surface area contributed by atoms with Crippen LogP contribution in [0.1, 0.15) is 18.4 Å². The Morgan fingerprint density at radius 3 is 2.50 bits per heavy atom. The second kappa shape index (κ2) is 4.05. The van der Waals surface area contributed by atoms with Gasteiger partial charge in [-0.2, -0.15) is 0 Å². The molecule has 1 unspecified atom stereocenters. The molecule has 0 bridgehead atoms. The topological polar surface area (TPSA) is 9.23 Å². The Hall–Kier alpha value is -0.950. The van der Waals surface area contributed by atoms with E-state index in [9.17, 15) is 0 Å². The maximum absolute atomic E-state index is 6.01. The molecular formula is C12H13ClO. The van der Waals surface area contributed by atoms with E-state index in [-0.39, 0.29) is 5.38 Å². The fourth-order valence-corrected chi connectivity index (χ4v) is 1.99. The summed E-state index contributed by atoms with van der Waals surface area (Å²) in [6.07, 6.45) is 4.28. The molecule has 1 aromatic carbocycles. The van der Waals surface area contributed by atoms with Crippen LogP contribution in [0.2, 0.25) is 0 Å². The number of alkyl halides is 1. The zero-order chi connectivity index (χ0) is 9.97. The van der Waals surface area contributed by atoms with Crippen LogP contribution in [0, 0.1) is 0 Å². The molecular weight excluding hydrogens is 196 g/mol. The molecule has 0 aliphatic heterocycles. The van der Waals surface area contributed by atoms with Crippen molar-refractivity contribution in [1.82, 2.24) is 0 Å². The zero-order valence-corrected chi connectivity index (χ0v) is 8.92. The van der Waals surface area contributed by atoms with Crippen LogP contribution in [-0.2, 0) is 0 Å². The van der Waals surface area contributed by atoms with Crippen LogP contribution >= 0.6 is 11.6 Å². The van der Waals surface area contributed by atoms with Gasteiger partial charge in [0.15, 0.2) is 0 Å². The van der Waals surface area contributed by atoms with Gasteiger partial charge < -0.3 is 4.74 Å². The van der Waals surface area contributed by atoms with E-state index < -0.39 is 0 Å². The van der Waals surface area contributed by atoms with Crippen molar-refractivity contribution in [3.63, 3.8) is 0 Å². The largest absolute Gasteiger partial charge is 0.497 e. The number of methoxy groups -OCH3 is 1. The van der Waals surface area contributed by atoms with Gasteiger partial charge in [0.1, 0.15) is 5.75 Å². The first-order valence-corrected chi connectivity index (χ1v) is 5.22. The molecule has 1 aliphatic rings. The van der Waals surface area contributed by atoms with Crippen LogP contribution in [0.3, 0.4) is 0 Å². The summed E-state index contributed by atoms with van der Waals surface area (Å²) in [7, 11) is 1.68. The minimum absolute atomic E-state index is 0.215. The summed E-state index contributed by atoms with van der Waals surface area (Å²) >= 11 is 6.01. The molecule has 0 aromatic heterocycles. The van der Waals surface area contributed by atoms with Crippen molar-refractivity contribution >= 4 is 17.2 Å². The molecule has 14 heavy (non-hydrogen) atoms.